The molecule has 0 N–H and O–H groups in total. The maximum absolute atomic E-state index is 12.2. The molecule has 0 aliphatic rings. The van der Waals surface area contributed by atoms with Crippen LogP contribution in [0.5, 0.6) is 5.75 Å². The Kier molecular flexibility index (Phi) is 4.70. The van der Waals surface area contributed by atoms with Gasteiger partial charge in [0.05, 0.1) is 12.0 Å². The van der Waals surface area contributed by atoms with Gasteiger partial charge in [0, 0.05) is 23.1 Å². The zero-order valence-corrected chi connectivity index (χ0v) is 13.7. The first-order valence-electron chi connectivity index (χ1n) is 6.93. The summed E-state index contributed by atoms with van der Waals surface area (Å²) >= 11 is 1.49. The van der Waals surface area contributed by atoms with Crippen molar-refractivity contribution in [3.8, 4) is 17.1 Å². The Balaban J connectivity index is 1.72. The van der Waals surface area contributed by atoms with Crippen LogP contribution in [0.2, 0.25) is 0 Å². The molecule has 0 aliphatic heterocycles. The molecular formula is C15H11N3O6S. The third-order valence-electron chi connectivity index (χ3n) is 3.19. The average molecular weight is 361 g/mol. The molecule has 9 nitrogen and oxygen atoms in total. The van der Waals surface area contributed by atoms with Crippen LogP contribution >= 0.6 is 11.3 Å². The first-order valence-corrected chi connectivity index (χ1v) is 7.87. The maximum Gasteiger partial charge on any atom is 0.342 e. The lowest BCUT2D eigenvalue weighted by molar-refractivity contribution is -0.384. The monoisotopic (exact) mass is 361 g/mol. The van der Waals surface area contributed by atoms with Crippen LogP contribution in [-0.4, -0.2) is 28.1 Å². The number of hydrogen-bond donors (Lipinski definition) is 0. The van der Waals surface area contributed by atoms with Crippen molar-refractivity contribution in [3.63, 3.8) is 0 Å². The van der Waals surface area contributed by atoms with E-state index in [0.29, 0.717) is 5.82 Å². The standard InChI is InChI=1S/C15H11N3O6S/c1-22-12-3-2-10(18(20)21)6-11(12)15(19)23-7-13-16-14(17-24-13)9-4-5-25-8-9/h2-6,8H,7H2,1H3. The van der Waals surface area contributed by atoms with Crippen LogP contribution in [0.1, 0.15) is 16.2 Å². The predicted octanol–water partition coefficient (Wildman–Crippen LogP) is 3.07. The molecule has 0 fully saturated rings. The summed E-state index contributed by atoms with van der Waals surface area (Å²) in [7, 11) is 1.35. The second-order valence-corrected chi connectivity index (χ2v) is 5.52. The van der Waals surface area contributed by atoms with Crippen LogP contribution in [-0.2, 0) is 11.3 Å². The van der Waals surface area contributed by atoms with Crippen LogP contribution in [0.3, 0.4) is 0 Å². The van der Waals surface area contributed by atoms with E-state index in [9.17, 15) is 14.9 Å². The molecule has 0 spiro atoms. The number of carbonyl (C=O) groups is 1. The molecule has 3 aromatic rings. The van der Waals surface area contributed by atoms with Crippen LogP contribution < -0.4 is 4.74 Å². The van der Waals surface area contributed by atoms with Gasteiger partial charge < -0.3 is 14.0 Å². The molecule has 128 valence electrons. The zero-order chi connectivity index (χ0) is 17.8. The van der Waals surface area contributed by atoms with E-state index < -0.39 is 10.9 Å². The normalized spacial score (nSPS) is 10.4. The number of carbonyl (C=O) groups excluding carboxylic acids is 1. The molecule has 0 aliphatic carbocycles. The third kappa shape index (κ3) is 3.63. The van der Waals surface area contributed by atoms with Gasteiger partial charge in [-0.2, -0.15) is 16.3 Å². The number of aromatic nitrogens is 2. The van der Waals surface area contributed by atoms with Gasteiger partial charge in [0.15, 0.2) is 6.61 Å². The molecule has 25 heavy (non-hydrogen) atoms. The summed E-state index contributed by atoms with van der Waals surface area (Å²) in [4.78, 5) is 26.6. The molecule has 2 heterocycles. The summed E-state index contributed by atoms with van der Waals surface area (Å²) in [6.07, 6.45) is 0. The Labute approximate surface area is 145 Å². The molecule has 0 radical (unpaired) electrons. The van der Waals surface area contributed by atoms with E-state index in [-0.39, 0.29) is 29.5 Å². The lowest BCUT2D eigenvalue weighted by Crippen LogP contribution is -2.08. The van der Waals surface area contributed by atoms with Crippen molar-refractivity contribution in [1.82, 2.24) is 10.1 Å². The highest BCUT2D eigenvalue weighted by atomic mass is 32.1. The minimum absolute atomic E-state index is 0.0609. The fourth-order valence-corrected chi connectivity index (χ4v) is 2.63. The Morgan fingerprint density at radius 2 is 2.24 bits per heavy atom. The topological polar surface area (TPSA) is 118 Å². The summed E-state index contributed by atoms with van der Waals surface area (Å²) < 4.78 is 15.1. The van der Waals surface area contributed by atoms with E-state index >= 15 is 0 Å². The van der Waals surface area contributed by atoms with E-state index in [1.165, 1.54) is 30.6 Å². The molecule has 10 heteroatoms. The van der Waals surface area contributed by atoms with E-state index in [2.05, 4.69) is 10.1 Å². The van der Waals surface area contributed by atoms with Gasteiger partial charge in [0.25, 0.3) is 11.6 Å². The average Bonchev–Trinajstić information content (AvgIpc) is 3.30. The smallest absolute Gasteiger partial charge is 0.342 e. The second kappa shape index (κ2) is 7.09. The maximum atomic E-state index is 12.2. The number of benzene rings is 1. The van der Waals surface area contributed by atoms with E-state index in [1.54, 1.807) is 0 Å². The summed E-state index contributed by atoms with van der Waals surface area (Å²) in [5.41, 5.74) is 0.492. The predicted molar refractivity (Wildman–Crippen MR) is 86.4 cm³/mol. The van der Waals surface area contributed by atoms with Crippen LogP contribution in [0.15, 0.2) is 39.5 Å². The molecule has 0 unspecified atom stereocenters. The first kappa shape index (κ1) is 16.6. The van der Waals surface area contributed by atoms with Crippen LogP contribution in [0.25, 0.3) is 11.4 Å². The van der Waals surface area contributed by atoms with Crippen molar-refractivity contribution < 1.29 is 23.7 Å². The quantitative estimate of drug-likeness (QED) is 0.373. The Hall–Kier alpha value is -3.27. The fraction of sp³-hybridized carbons (Fsp3) is 0.133. The number of thiophene rings is 1. The van der Waals surface area contributed by atoms with Gasteiger partial charge in [-0.15, -0.1) is 0 Å². The van der Waals surface area contributed by atoms with Crippen molar-refractivity contribution in [3.05, 3.63) is 56.6 Å². The number of ether oxygens (including phenoxy) is 2. The van der Waals surface area contributed by atoms with Gasteiger partial charge in [0.2, 0.25) is 5.82 Å². The van der Waals surface area contributed by atoms with Crippen LogP contribution in [0, 0.1) is 10.1 Å². The van der Waals surface area contributed by atoms with Crippen molar-refractivity contribution in [2.24, 2.45) is 0 Å². The molecule has 1 aromatic carbocycles. The molecule has 2 aromatic heterocycles. The van der Waals surface area contributed by atoms with Crippen LogP contribution in [0.4, 0.5) is 5.69 Å². The minimum atomic E-state index is -0.796. The Morgan fingerprint density at radius 1 is 1.40 bits per heavy atom. The molecule has 0 saturated heterocycles. The van der Waals surface area contributed by atoms with Crippen molar-refractivity contribution in [2.75, 3.05) is 7.11 Å². The largest absolute Gasteiger partial charge is 0.496 e. The number of rotatable bonds is 6. The SMILES string of the molecule is COc1ccc([N+](=O)[O-])cc1C(=O)OCc1nc(-c2ccsc2)no1. The third-order valence-corrected chi connectivity index (χ3v) is 3.87. The lowest BCUT2D eigenvalue weighted by Gasteiger charge is -2.07. The van der Waals surface area contributed by atoms with Gasteiger partial charge in [-0.1, -0.05) is 5.16 Å². The number of nitrogens with zero attached hydrogens (tertiary/aromatic N) is 3. The van der Waals surface area contributed by atoms with E-state index in [1.807, 2.05) is 16.8 Å². The summed E-state index contributed by atoms with van der Waals surface area (Å²) in [5, 5.41) is 18.4. The highest BCUT2D eigenvalue weighted by Gasteiger charge is 2.20. The summed E-state index contributed by atoms with van der Waals surface area (Å²) in [5.74, 6) is -0.130. The number of nitro benzene ring substituents is 1. The number of nitro groups is 1. The molecule has 0 bridgehead atoms. The van der Waals surface area contributed by atoms with Gasteiger partial charge in [0.1, 0.15) is 11.3 Å². The first-order chi connectivity index (χ1) is 12.1. The highest BCUT2D eigenvalue weighted by Crippen LogP contribution is 2.25. The van der Waals surface area contributed by atoms with Gasteiger partial charge in [-0.05, 0) is 17.5 Å². The van der Waals surface area contributed by atoms with Crippen molar-refractivity contribution in [2.45, 2.75) is 6.61 Å². The zero-order valence-electron chi connectivity index (χ0n) is 12.9. The number of non-ortho nitro benzene ring substituents is 1. The lowest BCUT2D eigenvalue weighted by atomic mass is 10.2. The van der Waals surface area contributed by atoms with Crippen molar-refractivity contribution in [1.29, 1.82) is 0 Å². The molecule has 3 rings (SSSR count). The molecule has 0 saturated carbocycles. The second-order valence-electron chi connectivity index (χ2n) is 4.74. The molecule has 0 atom stereocenters. The molecule has 0 amide bonds. The number of hydrogen-bond acceptors (Lipinski definition) is 9. The van der Waals surface area contributed by atoms with E-state index in [4.69, 9.17) is 14.0 Å². The summed E-state index contributed by atoms with van der Waals surface area (Å²) in [6.45, 7) is -0.262. The van der Waals surface area contributed by atoms with Crippen molar-refractivity contribution >= 4 is 23.0 Å². The molecular weight excluding hydrogens is 350 g/mol. The Bertz CT molecular complexity index is 906. The van der Waals surface area contributed by atoms with Gasteiger partial charge in [-0.25, -0.2) is 4.79 Å². The minimum Gasteiger partial charge on any atom is -0.496 e. The number of methoxy groups -OCH3 is 1. The summed E-state index contributed by atoms with van der Waals surface area (Å²) in [6, 6.07) is 5.49. The van der Waals surface area contributed by atoms with Gasteiger partial charge in [-0.3, -0.25) is 10.1 Å². The fourth-order valence-electron chi connectivity index (χ4n) is 2.00. The highest BCUT2D eigenvalue weighted by molar-refractivity contribution is 7.08. The Morgan fingerprint density at radius 3 is 2.92 bits per heavy atom. The van der Waals surface area contributed by atoms with Gasteiger partial charge >= 0.3 is 5.97 Å². The van der Waals surface area contributed by atoms with E-state index in [0.717, 1.165) is 11.6 Å². The number of esters is 1.